The lowest BCUT2D eigenvalue weighted by atomic mass is 10.1. The molecule has 1 saturated carbocycles. The fourth-order valence-corrected chi connectivity index (χ4v) is 3.38. The fourth-order valence-electron chi connectivity index (χ4n) is 2.68. The van der Waals surface area contributed by atoms with Crippen molar-refractivity contribution in [1.29, 1.82) is 0 Å². The van der Waals surface area contributed by atoms with E-state index in [0.29, 0.717) is 21.1 Å². The average Bonchev–Trinajstić information content (AvgIpc) is 2.71. The molecule has 1 aliphatic carbocycles. The summed E-state index contributed by atoms with van der Waals surface area (Å²) in [5, 5.41) is 5.15. The summed E-state index contributed by atoms with van der Waals surface area (Å²) in [6, 6.07) is 4.54. The quantitative estimate of drug-likeness (QED) is 0.728. The van der Waals surface area contributed by atoms with Gasteiger partial charge in [-0.05, 0) is 43.7 Å². The summed E-state index contributed by atoms with van der Waals surface area (Å²) >= 11 is 18.3. The summed E-state index contributed by atoms with van der Waals surface area (Å²) in [6.45, 7) is 4.42. The van der Waals surface area contributed by atoms with E-state index in [9.17, 15) is 0 Å². The van der Waals surface area contributed by atoms with Gasteiger partial charge in [-0.3, -0.25) is 0 Å². The largest absolute Gasteiger partial charge is 0.307 e. The molecule has 18 heavy (non-hydrogen) atoms. The molecule has 1 aliphatic rings. The van der Waals surface area contributed by atoms with Gasteiger partial charge in [0.2, 0.25) is 0 Å². The zero-order valence-corrected chi connectivity index (χ0v) is 12.9. The summed E-state index contributed by atoms with van der Waals surface area (Å²) in [5.41, 5.74) is 1.02. The van der Waals surface area contributed by atoms with Gasteiger partial charge in [0.15, 0.2) is 0 Å². The van der Waals surface area contributed by atoms with Crippen LogP contribution in [0.4, 0.5) is 0 Å². The van der Waals surface area contributed by atoms with Crippen LogP contribution < -0.4 is 5.32 Å². The summed E-state index contributed by atoms with van der Waals surface area (Å²) in [7, 11) is 0. The van der Waals surface area contributed by atoms with Crippen molar-refractivity contribution in [2.24, 2.45) is 5.92 Å². The van der Waals surface area contributed by atoms with E-state index in [1.807, 2.05) is 6.07 Å². The Morgan fingerprint density at radius 2 is 1.89 bits per heavy atom. The summed E-state index contributed by atoms with van der Waals surface area (Å²) < 4.78 is 0. The molecule has 0 radical (unpaired) electrons. The number of hydrogen-bond acceptors (Lipinski definition) is 1. The van der Waals surface area contributed by atoms with Crippen molar-refractivity contribution >= 4 is 34.8 Å². The average molecular weight is 307 g/mol. The summed E-state index contributed by atoms with van der Waals surface area (Å²) in [5.74, 6) is 0.818. The molecule has 2 rings (SSSR count). The maximum Gasteiger partial charge on any atom is 0.0781 e. The van der Waals surface area contributed by atoms with Gasteiger partial charge in [-0.1, -0.05) is 47.8 Å². The molecule has 3 unspecified atom stereocenters. The molecule has 0 bridgehead atoms. The first-order valence-corrected chi connectivity index (χ1v) is 7.52. The third-order valence-corrected chi connectivity index (χ3v) is 5.02. The van der Waals surface area contributed by atoms with Crippen LogP contribution in [-0.4, -0.2) is 6.04 Å². The molecule has 0 aromatic heterocycles. The molecule has 1 fully saturated rings. The Hall–Kier alpha value is 0.0500. The lowest BCUT2D eigenvalue weighted by Crippen LogP contribution is -2.29. The van der Waals surface area contributed by atoms with Crippen LogP contribution in [-0.2, 0) is 0 Å². The third kappa shape index (κ3) is 3.14. The van der Waals surface area contributed by atoms with Crippen LogP contribution >= 0.6 is 34.8 Å². The van der Waals surface area contributed by atoms with Crippen molar-refractivity contribution in [3.63, 3.8) is 0 Å². The number of halogens is 3. The van der Waals surface area contributed by atoms with Crippen LogP contribution in [0.3, 0.4) is 0 Å². The molecule has 3 atom stereocenters. The molecule has 4 heteroatoms. The van der Waals surface area contributed by atoms with Crippen molar-refractivity contribution in [3.05, 3.63) is 32.8 Å². The van der Waals surface area contributed by atoms with Gasteiger partial charge in [0.05, 0.1) is 15.1 Å². The predicted molar refractivity (Wildman–Crippen MR) is 79.8 cm³/mol. The number of rotatable bonds is 3. The first-order chi connectivity index (χ1) is 8.49. The maximum absolute atomic E-state index is 6.25. The third-order valence-electron chi connectivity index (χ3n) is 3.71. The maximum atomic E-state index is 6.25. The van der Waals surface area contributed by atoms with Gasteiger partial charge in [-0.2, -0.15) is 0 Å². The molecule has 1 N–H and O–H groups in total. The minimum atomic E-state index is 0.197. The molecule has 0 amide bonds. The fraction of sp³-hybridized carbons (Fsp3) is 0.571. The van der Waals surface area contributed by atoms with Gasteiger partial charge in [0.25, 0.3) is 0 Å². The van der Waals surface area contributed by atoms with E-state index in [1.165, 1.54) is 19.3 Å². The molecule has 0 saturated heterocycles. The van der Waals surface area contributed by atoms with Crippen LogP contribution in [0, 0.1) is 5.92 Å². The Morgan fingerprint density at radius 1 is 1.17 bits per heavy atom. The lowest BCUT2D eigenvalue weighted by molar-refractivity contribution is 0.449. The second-order valence-corrected chi connectivity index (χ2v) is 6.43. The molecule has 0 spiro atoms. The van der Waals surface area contributed by atoms with Crippen LogP contribution in [0.1, 0.15) is 44.7 Å². The Morgan fingerprint density at radius 3 is 2.50 bits per heavy atom. The van der Waals surface area contributed by atoms with Crippen molar-refractivity contribution in [2.45, 2.75) is 45.2 Å². The topological polar surface area (TPSA) is 12.0 Å². The smallest absolute Gasteiger partial charge is 0.0781 e. The van der Waals surface area contributed by atoms with Crippen LogP contribution in [0.25, 0.3) is 0 Å². The highest BCUT2D eigenvalue weighted by molar-refractivity contribution is 6.48. The van der Waals surface area contributed by atoms with Crippen molar-refractivity contribution < 1.29 is 0 Å². The SMILES string of the molecule is CC1CCC(NC(C)c2ccc(Cl)c(Cl)c2Cl)C1. The van der Waals surface area contributed by atoms with Gasteiger partial charge < -0.3 is 5.32 Å². The number of nitrogens with one attached hydrogen (secondary N) is 1. The molecule has 1 aromatic carbocycles. The van der Waals surface area contributed by atoms with Gasteiger partial charge in [0.1, 0.15) is 0 Å². The zero-order valence-electron chi connectivity index (χ0n) is 10.6. The Bertz CT molecular complexity index is 433. The molecular formula is C14H18Cl3N. The summed E-state index contributed by atoms with van der Waals surface area (Å²) in [4.78, 5) is 0. The van der Waals surface area contributed by atoms with Gasteiger partial charge in [-0.15, -0.1) is 0 Å². The van der Waals surface area contributed by atoms with Crippen LogP contribution in [0.5, 0.6) is 0 Å². The molecule has 1 aromatic rings. The van der Waals surface area contributed by atoms with Crippen molar-refractivity contribution in [2.75, 3.05) is 0 Å². The van der Waals surface area contributed by atoms with E-state index in [-0.39, 0.29) is 6.04 Å². The second kappa shape index (κ2) is 6.00. The van der Waals surface area contributed by atoms with Crippen molar-refractivity contribution in [3.8, 4) is 0 Å². The molecular weight excluding hydrogens is 289 g/mol. The van der Waals surface area contributed by atoms with Gasteiger partial charge >= 0.3 is 0 Å². The van der Waals surface area contributed by atoms with E-state index < -0.39 is 0 Å². The zero-order chi connectivity index (χ0) is 13.3. The summed E-state index contributed by atoms with van der Waals surface area (Å²) in [6.07, 6.45) is 3.78. The number of hydrogen-bond donors (Lipinski definition) is 1. The molecule has 100 valence electrons. The normalized spacial score (nSPS) is 25.4. The first kappa shape index (κ1) is 14.5. The van der Waals surface area contributed by atoms with Crippen LogP contribution in [0.15, 0.2) is 12.1 Å². The highest BCUT2D eigenvalue weighted by atomic mass is 35.5. The predicted octanol–water partition coefficient (Wildman–Crippen LogP) is 5.49. The number of benzene rings is 1. The second-order valence-electron chi connectivity index (χ2n) is 5.27. The van der Waals surface area contributed by atoms with Crippen LogP contribution in [0.2, 0.25) is 15.1 Å². The molecule has 0 heterocycles. The van der Waals surface area contributed by atoms with E-state index in [0.717, 1.165) is 11.5 Å². The Balaban J connectivity index is 2.09. The van der Waals surface area contributed by atoms with E-state index in [1.54, 1.807) is 6.07 Å². The lowest BCUT2D eigenvalue weighted by Gasteiger charge is -2.21. The van der Waals surface area contributed by atoms with E-state index in [2.05, 4.69) is 19.2 Å². The Kier molecular flexibility index (Phi) is 4.82. The van der Waals surface area contributed by atoms with Crippen molar-refractivity contribution in [1.82, 2.24) is 5.32 Å². The Labute approximate surface area is 124 Å². The van der Waals surface area contributed by atoms with Gasteiger partial charge in [0, 0.05) is 12.1 Å². The standard InChI is InChI=1S/C14H18Cl3N/c1-8-3-4-10(7-8)18-9(2)11-5-6-12(15)14(17)13(11)16/h5-6,8-10,18H,3-4,7H2,1-2H3. The monoisotopic (exact) mass is 305 g/mol. The minimum absolute atomic E-state index is 0.197. The van der Waals surface area contributed by atoms with E-state index in [4.69, 9.17) is 34.8 Å². The molecule has 0 aliphatic heterocycles. The first-order valence-electron chi connectivity index (χ1n) is 6.38. The molecule has 1 nitrogen and oxygen atoms in total. The minimum Gasteiger partial charge on any atom is -0.307 e. The highest BCUT2D eigenvalue weighted by Gasteiger charge is 2.24. The van der Waals surface area contributed by atoms with Gasteiger partial charge in [-0.25, -0.2) is 0 Å². The highest BCUT2D eigenvalue weighted by Crippen LogP contribution is 2.36. The van der Waals surface area contributed by atoms with E-state index >= 15 is 0 Å².